The van der Waals surface area contributed by atoms with Crippen molar-refractivity contribution in [3.8, 4) is 11.1 Å². The van der Waals surface area contributed by atoms with Gasteiger partial charge in [0.15, 0.2) is 0 Å². The molecule has 2 heterocycles. The van der Waals surface area contributed by atoms with E-state index in [0.29, 0.717) is 5.15 Å². The zero-order valence-corrected chi connectivity index (χ0v) is 10.7. The summed E-state index contributed by atoms with van der Waals surface area (Å²) in [5, 5.41) is 2.42. The maximum absolute atomic E-state index is 6.10. The summed E-state index contributed by atoms with van der Waals surface area (Å²) in [6.45, 7) is 2.09. The van der Waals surface area contributed by atoms with Gasteiger partial charge < -0.3 is 0 Å². The Balaban J connectivity index is 2.14. The zero-order chi connectivity index (χ0) is 12.5. The Hall–Kier alpha value is -1.74. The van der Waals surface area contributed by atoms with Crippen LogP contribution in [0.15, 0.2) is 46.5 Å². The molecule has 90 valence electrons. The molecule has 0 saturated heterocycles. The third-order valence-corrected chi connectivity index (χ3v) is 3.29. The minimum Gasteiger partial charge on any atom is -0.256 e. The third kappa shape index (κ3) is 1.91. The topological polar surface area (TPSA) is 37.6 Å². The lowest BCUT2D eigenvalue weighted by atomic mass is 10.1. The Morgan fingerprint density at radius 2 is 2.00 bits per heavy atom. The van der Waals surface area contributed by atoms with Gasteiger partial charge in [0, 0.05) is 11.8 Å². The molecule has 4 heteroatoms. The fourth-order valence-electron chi connectivity index (χ4n) is 2.04. The van der Waals surface area contributed by atoms with Gasteiger partial charge in [-0.15, -0.1) is 0 Å². The van der Waals surface area contributed by atoms with Crippen LogP contribution in [0.25, 0.3) is 11.1 Å². The molecular formula is C14H12ClN3. The molecule has 1 atom stereocenters. The van der Waals surface area contributed by atoms with Gasteiger partial charge in [-0.25, -0.2) is 4.98 Å². The summed E-state index contributed by atoms with van der Waals surface area (Å²) in [6.07, 6.45) is 2.68. The van der Waals surface area contributed by atoms with Crippen molar-refractivity contribution in [1.82, 2.24) is 4.98 Å². The van der Waals surface area contributed by atoms with Crippen LogP contribution in [0.1, 0.15) is 13.3 Å². The lowest BCUT2D eigenvalue weighted by molar-refractivity contribution is 0.682. The maximum Gasteiger partial charge on any atom is 0.140 e. The Morgan fingerprint density at radius 1 is 1.17 bits per heavy atom. The number of fused-ring (bicyclic) bond motifs is 1. The van der Waals surface area contributed by atoms with Gasteiger partial charge >= 0.3 is 0 Å². The molecule has 0 amide bonds. The zero-order valence-electron chi connectivity index (χ0n) is 9.97. The highest BCUT2D eigenvalue weighted by Crippen LogP contribution is 2.23. The molecule has 1 aromatic carbocycles. The molecule has 1 aliphatic rings. The average Bonchev–Trinajstić information content (AvgIpc) is 2.81. The van der Waals surface area contributed by atoms with Gasteiger partial charge in [0.2, 0.25) is 0 Å². The molecule has 0 N–H and O–H groups in total. The second-order valence-electron chi connectivity index (χ2n) is 4.19. The number of rotatable bonds is 2. The number of hydrogen-bond acceptors (Lipinski definition) is 3. The number of nitrogens with zero attached hydrogens (tertiary/aromatic N) is 3. The van der Waals surface area contributed by atoms with Crippen molar-refractivity contribution in [2.24, 2.45) is 9.98 Å². The second-order valence-corrected chi connectivity index (χ2v) is 4.55. The number of hydrogen-bond donors (Lipinski definition) is 0. The predicted octanol–water partition coefficient (Wildman–Crippen LogP) is 2.39. The molecule has 0 saturated carbocycles. The summed E-state index contributed by atoms with van der Waals surface area (Å²) in [5.74, 6) is 0. The first-order valence-corrected chi connectivity index (χ1v) is 6.32. The van der Waals surface area contributed by atoms with Crippen LogP contribution < -0.4 is 10.7 Å². The third-order valence-electron chi connectivity index (χ3n) is 2.99. The van der Waals surface area contributed by atoms with E-state index in [9.17, 15) is 0 Å². The minimum atomic E-state index is 0.0691. The largest absolute Gasteiger partial charge is 0.256 e. The van der Waals surface area contributed by atoms with Gasteiger partial charge in [0.1, 0.15) is 11.3 Å². The maximum atomic E-state index is 6.10. The van der Waals surface area contributed by atoms with Gasteiger partial charge in [-0.1, -0.05) is 24.6 Å². The van der Waals surface area contributed by atoms with E-state index >= 15 is 0 Å². The molecule has 2 aromatic rings. The van der Waals surface area contributed by atoms with Gasteiger partial charge in [0.25, 0.3) is 0 Å². The summed E-state index contributed by atoms with van der Waals surface area (Å²) in [4.78, 5) is 13.2. The van der Waals surface area contributed by atoms with Crippen molar-refractivity contribution in [1.29, 1.82) is 0 Å². The van der Waals surface area contributed by atoms with Gasteiger partial charge in [0.05, 0.1) is 10.7 Å². The van der Waals surface area contributed by atoms with Crippen LogP contribution in [0.3, 0.4) is 0 Å². The summed E-state index contributed by atoms with van der Waals surface area (Å²) in [7, 11) is 0. The molecule has 18 heavy (non-hydrogen) atoms. The first kappa shape index (κ1) is 11.4. The van der Waals surface area contributed by atoms with Crippen molar-refractivity contribution in [3.63, 3.8) is 0 Å². The van der Waals surface area contributed by atoms with Crippen LogP contribution in [-0.4, -0.2) is 11.1 Å². The average molecular weight is 258 g/mol. The summed E-state index contributed by atoms with van der Waals surface area (Å²) in [5.41, 5.74) is 1.96. The van der Waals surface area contributed by atoms with E-state index in [2.05, 4.69) is 21.9 Å². The highest BCUT2D eigenvalue weighted by molar-refractivity contribution is 6.32. The molecule has 3 rings (SSSR count). The molecule has 0 aliphatic carbocycles. The van der Waals surface area contributed by atoms with E-state index in [-0.39, 0.29) is 6.17 Å². The molecule has 1 aromatic heterocycles. The normalized spacial score (nSPS) is 16.9. The molecule has 0 spiro atoms. The van der Waals surface area contributed by atoms with E-state index in [1.54, 1.807) is 6.20 Å². The lowest BCUT2D eigenvalue weighted by Gasteiger charge is -2.02. The van der Waals surface area contributed by atoms with E-state index in [1.807, 2.05) is 30.3 Å². The molecule has 1 unspecified atom stereocenters. The van der Waals surface area contributed by atoms with Crippen molar-refractivity contribution in [2.45, 2.75) is 19.5 Å². The van der Waals surface area contributed by atoms with Crippen LogP contribution in [0.5, 0.6) is 0 Å². The molecular weight excluding hydrogens is 246 g/mol. The predicted molar refractivity (Wildman–Crippen MR) is 71.1 cm³/mol. The number of pyridine rings is 1. The highest BCUT2D eigenvalue weighted by Gasteiger charge is 2.09. The fraction of sp³-hybridized carbons (Fsp3) is 0.214. The van der Waals surface area contributed by atoms with Crippen LogP contribution >= 0.6 is 11.6 Å². The van der Waals surface area contributed by atoms with Gasteiger partial charge in [-0.05, 0) is 36.2 Å². The number of aromatic nitrogens is 1. The first-order chi connectivity index (χ1) is 8.78. The van der Waals surface area contributed by atoms with Crippen LogP contribution in [0.2, 0.25) is 5.15 Å². The molecule has 3 nitrogen and oxygen atoms in total. The van der Waals surface area contributed by atoms with Crippen molar-refractivity contribution in [2.75, 3.05) is 0 Å². The summed E-state index contributed by atoms with van der Waals surface area (Å²) in [6, 6.07) is 9.87. The summed E-state index contributed by atoms with van der Waals surface area (Å²) < 4.78 is 0. The van der Waals surface area contributed by atoms with Crippen LogP contribution in [0, 0.1) is 0 Å². The number of halogens is 1. The SMILES string of the molecule is CCC1N=c2ccc(-c3cccnc3Cl)cc2=N1. The first-order valence-electron chi connectivity index (χ1n) is 5.94. The lowest BCUT2D eigenvalue weighted by Crippen LogP contribution is -2.20. The quantitative estimate of drug-likeness (QED) is 0.761. The Bertz CT molecular complexity index is 709. The van der Waals surface area contributed by atoms with Crippen LogP contribution in [0.4, 0.5) is 0 Å². The minimum absolute atomic E-state index is 0.0691. The second kappa shape index (κ2) is 4.50. The van der Waals surface area contributed by atoms with Gasteiger partial charge in [-0.3, -0.25) is 9.98 Å². The molecule has 0 bridgehead atoms. The van der Waals surface area contributed by atoms with E-state index < -0.39 is 0 Å². The van der Waals surface area contributed by atoms with E-state index in [0.717, 1.165) is 28.3 Å². The smallest absolute Gasteiger partial charge is 0.140 e. The molecule has 0 fully saturated rings. The standard InChI is InChI=1S/C14H12ClN3/c1-2-13-17-11-6-5-9(8-12(11)18-13)10-4-3-7-16-14(10)15/h3-8,13H,2H2,1H3. The monoisotopic (exact) mass is 257 g/mol. The van der Waals surface area contributed by atoms with Gasteiger partial charge in [-0.2, -0.15) is 0 Å². The van der Waals surface area contributed by atoms with Crippen molar-refractivity contribution in [3.05, 3.63) is 52.4 Å². The highest BCUT2D eigenvalue weighted by atomic mass is 35.5. The van der Waals surface area contributed by atoms with Crippen molar-refractivity contribution >= 4 is 11.6 Å². The summed E-state index contributed by atoms with van der Waals surface area (Å²) >= 11 is 6.10. The Morgan fingerprint density at radius 3 is 2.78 bits per heavy atom. The van der Waals surface area contributed by atoms with E-state index in [4.69, 9.17) is 11.6 Å². The fourth-order valence-corrected chi connectivity index (χ4v) is 2.27. The van der Waals surface area contributed by atoms with Crippen molar-refractivity contribution < 1.29 is 0 Å². The molecule has 1 aliphatic heterocycles. The molecule has 0 radical (unpaired) electrons. The number of benzene rings is 1. The Kier molecular flexibility index (Phi) is 2.84. The van der Waals surface area contributed by atoms with Crippen LogP contribution in [-0.2, 0) is 0 Å². The van der Waals surface area contributed by atoms with E-state index in [1.165, 1.54) is 0 Å². The Labute approximate surface area is 110 Å².